The number of carbonyl (C=O) groups excluding carboxylic acids is 1. The van der Waals surface area contributed by atoms with Gasteiger partial charge in [-0.15, -0.1) is 0 Å². The summed E-state index contributed by atoms with van der Waals surface area (Å²) in [6.45, 7) is 0. The summed E-state index contributed by atoms with van der Waals surface area (Å²) in [7, 11) is 0. The van der Waals surface area contributed by atoms with Crippen molar-refractivity contribution in [1.29, 1.82) is 0 Å². The summed E-state index contributed by atoms with van der Waals surface area (Å²) < 4.78 is 78.0. The first kappa shape index (κ1) is 23.3. The van der Waals surface area contributed by atoms with Crippen molar-refractivity contribution < 1.29 is 31.1 Å². The number of nitrogens with zero attached hydrogens (tertiary/aromatic N) is 1. The van der Waals surface area contributed by atoms with Crippen LogP contribution in [0.4, 0.5) is 32.0 Å². The van der Waals surface area contributed by atoms with Crippen molar-refractivity contribution in [2.75, 3.05) is 5.32 Å². The van der Waals surface area contributed by atoms with Crippen LogP contribution in [0.1, 0.15) is 23.1 Å². The van der Waals surface area contributed by atoms with Crippen LogP contribution < -0.4 is 5.32 Å². The van der Waals surface area contributed by atoms with Crippen LogP contribution >= 0.6 is 0 Å². The number of fused-ring (bicyclic) bond motifs is 1. The van der Waals surface area contributed by atoms with Crippen molar-refractivity contribution in [3.05, 3.63) is 83.7 Å². The number of aromatic amines is 1. The lowest BCUT2D eigenvalue weighted by Gasteiger charge is -2.15. The van der Waals surface area contributed by atoms with E-state index in [1.165, 1.54) is 0 Å². The number of benzene rings is 2. The molecular formula is C24H17F6N3O. The van der Waals surface area contributed by atoms with Crippen molar-refractivity contribution in [3.8, 4) is 11.1 Å². The van der Waals surface area contributed by atoms with Crippen molar-refractivity contribution in [2.24, 2.45) is 0 Å². The molecule has 0 fully saturated rings. The lowest BCUT2D eigenvalue weighted by atomic mass is 10.0. The fourth-order valence-electron chi connectivity index (χ4n) is 3.51. The number of rotatable bonds is 5. The number of nitrogens with one attached hydrogen (secondary N) is 2. The molecule has 0 saturated heterocycles. The summed E-state index contributed by atoms with van der Waals surface area (Å²) in [5.41, 5.74) is -0.284. The Hall–Kier alpha value is -3.82. The monoisotopic (exact) mass is 477 g/mol. The van der Waals surface area contributed by atoms with Gasteiger partial charge >= 0.3 is 12.4 Å². The zero-order chi connectivity index (χ0) is 24.5. The van der Waals surface area contributed by atoms with Crippen molar-refractivity contribution in [3.63, 3.8) is 0 Å². The summed E-state index contributed by atoms with van der Waals surface area (Å²) in [6, 6.07) is 12.1. The second kappa shape index (κ2) is 8.85. The summed E-state index contributed by atoms with van der Waals surface area (Å²) in [5, 5.41) is 3.08. The van der Waals surface area contributed by atoms with Gasteiger partial charge in [-0.05, 0) is 47.9 Å². The van der Waals surface area contributed by atoms with E-state index in [1.807, 2.05) is 24.3 Å². The Kier molecular flexibility index (Phi) is 6.07. The number of aromatic nitrogens is 2. The summed E-state index contributed by atoms with van der Waals surface area (Å²) in [6.07, 6.45) is -6.38. The molecule has 0 aliphatic rings. The molecule has 2 aromatic carbocycles. The van der Waals surface area contributed by atoms with Crippen molar-refractivity contribution in [1.82, 2.24) is 9.97 Å². The van der Waals surface area contributed by atoms with E-state index in [0.717, 1.165) is 27.7 Å². The highest BCUT2D eigenvalue weighted by Crippen LogP contribution is 2.37. The number of amides is 1. The fraction of sp³-hybridized carbons (Fsp3) is 0.167. The molecule has 10 heteroatoms. The number of H-pyrrole nitrogens is 1. The first-order chi connectivity index (χ1) is 16.0. The Balaban J connectivity index is 1.47. The van der Waals surface area contributed by atoms with E-state index >= 15 is 0 Å². The topological polar surface area (TPSA) is 57.8 Å². The quantitative estimate of drug-likeness (QED) is 0.309. The van der Waals surface area contributed by atoms with Gasteiger partial charge in [0.25, 0.3) is 0 Å². The molecule has 0 saturated carbocycles. The molecule has 0 spiro atoms. The Morgan fingerprint density at radius 1 is 0.882 bits per heavy atom. The SMILES string of the molecule is O=C(CCc1cccc(-c2cnc3[nH]ccc3c2)c1)Nc1cc(C(F)(F)F)cc(C(F)(F)F)c1. The zero-order valence-electron chi connectivity index (χ0n) is 17.4. The van der Waals surface area contributed by atoms with Gasteiger partial charge < -0.3 is 10.3 Å². The van der Waals surface area contributed by atoms with Gasteiger partial charge in [0, 0.05) is 35.5 Å². The highest BCUT2D eigenvalue weighted by atomic mass is 19.4. The van der Waals surface area contributed by atoms with Crippen LogP contribution in [0, 0.1) is 0 Å². The summed E-state index contributed by atoms with van der Waals surface area (Å²) >= 11 is 0. The molecule has 0 atom stereocenters. The largest absolute Gasteiger partial charge is 0.416 e. The molecule has 1 amide bonds. The standard InChI is InChI=1S/C24H17F6N3O/c25-23(26,27)18-10-19(24(28,29)30)12-20(11-18)33-21(34)5-4-14-2-1-3-15(8-14)17-9-16-6-7-31-22(16)32-13-17/h1-3,6-13H,4-5H2,(H,31,32)(H,33,34). The normalized spacial score (nSPS) is 12.2. The lowest BCUT2D eigenvalue weighted by molar-refractivity contribution is -0.143. The van der Waals surface area contributed by atoms with Gasteiger partial charge in [0.2, 0.25) is 5.91 Å². The molecule has 2 heterocycles. The van der Waals surface area contributed by atoms with E-state index in [9.17, 15) is 31.1 Å². The minimum absolute atomic E-state index is 0.0147. The predicted molar refractivity (Wildman–Crippen MR) is 115 cm³/mol. The molecule has 4 aromatic rings. The van der Waals surface area contributed by atoms with Crippen LogP contribution in [0.15, 0.2) is 67.0 Å². The van der Waals surface area contributed by atoms with Gasteiger partial charge in [0.15, 0.2) is 0 Å². The van der Waals surface area contributed by atoms with Crippen LogP contribution in [0.25, 0.3) is 22.2 Å². The predicted octanol–water partition coefficient (Wildman–Crippen LogP) is 6.84. The number of alkyl halides is 6. The van der Waals surface area contributed by atoms with Crippen molar-refractivity contribution >= 4 is 22.6 Å². The number of pyridine rings is 1. The van der Waals surface area contributed by atoms with Crippen LogP contribution in [0.5, 0.6) is 0 Å². The zero-order valence-corrected chi connectivity index (χ0v) is 17.4. The Morgan fingerprint density at radius 2 is 1.59 bits per heavy atom. The molecule has 2 N–H and O–H groups in total. The third kappa shape index (κ3) is 5.38. The average Bonchev–Trinajstić information content (AvgIpc) is 3.24. The van der Waals surface area contributed by atoms with Gasteiger partial charge in [-0.25, -0.2) is 4.98 Å². The Morgan fingerprint density at radius 3 is 2.26 bits per heavy atom. The number of hydrogen-bond acceptors (Lipinski definition) is 2. The molecular weight excluding hydrogens is 460 g/mol. The molecule has 0 aliphatic carbocycles. The molecule has 4 nitrogen and oxygen atoms in total. The second-order valence-electron chi connectivity index (χ2n) is 7.68. The van der Waals surface area contributed by atoms with Gasteiger partial charge in [0.1, 0.15) is 5.65 Å². The number of anilines is 1. The van der Waals surface area contributed by atoms with Crippen molar-refractivity contribution in [2.45, 2.75) is 25.2 Å². The first-order valence-corrected chi connectivity index (χ1v) is 10.1. The highest BCUT2D eigenvalue weighted by Gasteiger charge is 2.37. The number of hydrogen-bond donors (Lipinski definition) is 2. The van der Waals surface area contributed by atoms with E-state index in [-0.39, 0.29) is 18.9 Å². The molecule has 4 rings (SSSR count). The average molecular weight is 477 g/mol. The van der Waals surface area contributed by atoms with Gasteiger partial charge in [-0.2, -0.15) is 26.3 Å². The smallest absolute Gasteiger partial charge is 0.346 e. The molecule has 176 valence electrons. The first-order valence-electron chi connectivity index (χ1n) is 10.1. The molecule has 0 radical (unpaired) electrons. The summed E-state index contributed by atoms with van der Waals surface area (Å²) in [5.74, 6) is -0.701. The third-order valence-corrected chi connectivity index (χ3v) is 5.17. The highest BCUT2D eigenvalue weighted by molar-refractivity contribution is 5.91. The van der Waals surface area contributed by atoms with Crippen LogP contribution in [0.2, 0.25) is 0 Å². The number of aryl methyl sites for hydroxylation is 1. The Labute approximate surface area is 189 Å². The van der Waals surface area contributed by atoms with Crippen LogP contribution in [-0.2, 0) is 23.6 Å². The minimum atomic E-state index is -4.99. The minimum Gasteiger partial charge on any atom is -0.346 e. The summed E-state index contributed by atoms with van der Waals surface area (Å²) in [4.78, 5) is 19.6. The molecule has 0 bridgehead atoms. The second-order valence-corrected chi connectivity index (χ2v) is 7.68. The fourth-order valence-corrected chi connectivity index (χ4v) is 3.51. The van der Waals surface area contributed by atoms with Gasteiger partial charge in [-0.3, -0.25) is 4.79 Å². The third-order valence-electron chi connectivity index (χ3n) is 5.17. The van der Waals surface area contributed by atoms with E-state index in [1.54, 1.807) is 24.5 Å². The number of carbonyl (C=O) groups is 1. The van der Waals surface area contributed by atoms with Crippen LogP contribution in [0.3, 0.4) is 0 Å². The maximum atomic E-state index is 13.0. The molecule has 2 aromatic heterocycles. The Bertz CT molecular complexity index is 1310. The lowest BCUT2D eigenvalue weighted by Crippen LogP contribution is -2.16. The number of halogens is 6. The molecule has 34 heavy (non-hydrogen) atoms. The van der Waals surface area contributed by atoms with E-state index in [0.29, 0.717) is 12.1 Å². The van der Waals surface area contributed by atoms with E-state index < -0.39 is 35.1 Å². The van der Waals surface area contributed by atoms with Crippen LogP contribution in [-0.4, -0.2) is 15.9 Å². The van der Waals surface area contributed by atoms with E-state index in [2.05, 4.69) is 15.3 Å². The van der Waals surface area contributed by atoms with Gasteiger partial charge in [-0.1, -0.05) is 24.3 Å². The van der Waals surface area contributed by atoms with Gasteiger partial charge in [0.05, 0.1) is 11.1 Å². The van der Waals surface area contributed by atoms with E-state index in [4.69, 9.17) is 0 Å². The maximum absolute atomic E-state index is 13.0. The molecule has 0 aliphatic heterocycles. The molecule has 0 unspecified atom stereocenters. The maximum Gasteiger partial charge on any atom is 0.416 e.